The van der Waals surface area contributed by atoms with Gasteiger partial charge in [0.25, 0.3) is 5.91 Å². The normalized spacial score (nSPS) is 22.0. The molecule has 22 heavy (non-hydrogen) atoms. The molecule has 1 aromatic heterocycles. The summed E-state index contributed by atoms with van der Waals surface area (Å²) < 4.78 is 27.3. The number of carbonyl (C=O) groups excluding carboxylic acids is 1. The summed E-state index contributed by atoms with van der Waals surface area (Å²) in [5, 5.41) is 6.19. The second-order valence-electron chi connectivity index (χ2n) is 5.68. The molecule has 7 heteroatoms. The van der Waals surface area contributed by atoms with Crippen LogP contribution < -0.4 is 10.6 Å². The summed E-state index contributed by atoms with van der Waals surface area (Å²) in [6.07, 6.45) is 0.979. The van der Waals surface area contributed by atoms with Crippen LogP contribution in [-0.4, -0.2) is 30.0 Å². The number of fused-ring (bicyclic) bond motifs is 1. The Morgan fingerprint density at radius 2 is 2.14 bits per heavy atom. The molecule has 0 radical (unpaired) electrons. The monoisotopic (exact) mass is 327 g/mol. The van der Waals surface area contributed by atoms with Crippen molar-refractivity contribution in [2.75, 3.05) is 13.1 Å². The number of aromatic amines is 1. The molecule has 1 aliphatic rings. The van der Waals surface area contributed by atoms with Gasteiger partial charge in [-0.25, -0.2) is 8.78 Å². The molecule has 0 spiro atoms. The maximum Gasteiger partial charge on any atom is 0.268 e. The summed E-state index contributed by atoms with van der Waals surface area (Å²) >= 11 is 5.62. The molecule has 0 saturated carbocycles. The van der Waals surface area contributed by atoms with Gasteiger partial charge in [-0.15, -0.1) is 0 Å². The molecule has 2 atom stereocenters. The Morgan fingerprint density at radius 1 is 1.36 bits per heavy atom. The Morgan fingerprint density at radius 3 is 2.86 bits per heavy atom. The van der Waals surface area contributed by atoms with Gasteiger partial charge in [0.1, 0.15) is 5.69 Å². The van der Waals surface area contributed by atoms with Gasteiger partial charge in [0.05, 0.1) is 10.5 Å². The van der Waals surface area contributed by atoms with E-state index in [1.807, 2.05) is 0 Å². The van der Waals surface area contributed by atoms with E-state index in [4.69, 9.17) is 11.6 Å². The fourth-order valence-corrected chi connectivity index (χ4v) is 2.93. The molecule has 3 N–H and O–H groups in total. The first-order chi connectivity index (χ1) is 10.5. The van der Waals surface area contributed by atoms with Crippen molar-refractivity contribution in [1.82, 2.24) is 15.6 Å². The predicted molar refractivity (Wildman–Crippen MR) is 81.1 cm³/mol. The molecule has 2 aromatic rings. The van der Waals surface area contributed by atoms with E-state index in [0.717, 1.165) is 13.0 Å². The number of nitrogens with one attached hydrogen (secondary N) is 3. The largest absolute Gasteiger partial charge is 0.348 e. The fourth-order valence-electron chi connectivity index (χ4n) is 2.73. The Bertz CT molecular complexity index is 731. The minimum atomic E-state index is -1.12. The average Bonchev–Trinajstić information content (AvgIpc) is 2.91. The summed E-state index contributed by atoms with van der Waals surface area (Å²) in [6.45, 7) is 3.71. The third kappa shape index (κ3) is 2.68. The first kappa shape index (κ1) is 15.2. The van der Waals surface area contributed by atoms with Gasteiger partial charge in [0, 0.05) is 18.0 Å². The Kier molecular flexibility index (Phi) is 4.06. The zero-order chi connectivity index (χ0) is 15.9. The molecule has 118 valence electrons. The number of halogens is 3. The van der Waals surface area contributed by atoms with Crippen molar-refractivity contribution in [2.45, 2.75) is 19.4 Å². The van der Waals surface area contributed by atoms with Gasteiger partial charge in [0.15, 0.2) is 11.6 Å². The van der Waals surface area contributed by atoms with E-state index in [0.29, 0.717) is 17.8 Å². The summed E-state index contributed by atoms with van der Waals surface area (Å²) in [6, 6.07) is 2.78. The maximum absolute atomic E-state index is 13.8. The van der Waals surface area contributed by atoms with Gasteiger partial charge >= 0.3 is 0 Å². The van der Waals surface area contributed by atoms with Crippen molar-refractivity contribution in [1.29, 1.82) is 0 Å². The zero-order valence-electron chi connectivity index (χ0n) is 12.0. The van der Waals surface area contributed by atoms with E-state index in [9.17, 15) is 13.6 Å². The van der Waals surface area contributed by atoms with Gasteiger partial charge in [-0.2, -0.15) is 0 Å². The second kappa shape index (κ2) is 5.85. The van der Waals surface area contributed by atoms with E-state index >= 15 is 0 Å². The van der Waals surface area contributed by atoms with Crippen LogP contribution in [-0.2, 0) is 0 Å². The maximum atomic E-state index is 13.8. The minimum absolute atomic E-state index is 0.0119. The number of amides is 1. The standard InChI is InChI=1S/C15H16ClF2N3O/c1-7-2-3-19-6-11(7)21-15(22)10-5-8-4-9(16)12(17)13(18)14(8)20-10/h4-5,7,11,19-20H,2-3,6H2,1H3,(H,21,22)/t7-,11-/m0/s1. The number of hydrogen-bond acceptors (Lipinski definition) is 2. The number of hydrogen-bond donors (Lipinski definition) is 3. The van der Waals surface area contributed by atoms with Crippen LogP contribution in [0.4, 0.5) is 8.78 Å². The number of rotatable bonds is 2. The summed E-state index contributed by atoms with van der Waals surface area (Å²) in [7, 11) is 0. The Hall–Kier alpha value is -1.66. The molecule has 0 unspecified atom stereocenters. The Balaban J connectivity index is 1.87. The quantitative estimate of drug-likeness (QED) is 0.743. The van der Waals surface area contributed by atoms with E-state index in [1.165, 1.54) is 12.1 Å². The van der Waals surface area contributed by atoms with Crippen molar-refractivity contribution in [3.63, 3.8) is 0 Å². The number of piperidine rings is 1. The van der Waals surface area contributed by atoms with E-state index in [-0.39, 0.29) is 28.2 Å². The molecular formula is C15H16ClF2N3O. The first-order valence-corrected chi connectivity index (χ1v) is 7.53. The molecule has 1 fully saturated rings. The summed E-state index contributed by atoms with van der Waals surface area (Å²) in [5.74, 6) is -2.17. The molecule has 2 heterocycles. The average molecular weight is 328 g/mol. The lowest BCUT2D eigenvalue weighted by molar-refractivity contribution is 0.0911. The lowest BCUT2D eigenvalue weighted by Crippen LogP contribution is -2.50. The first-order valence-electron chi connectivity index (χ1n) is 7.15. The van der Waals surface area contributed by atoms with Crippen molar-refractivity contribution in [2.24, 2.45) is 5.92 Å². The van der Waals surface area contributed by atoms with E-state index in [1.54, 1.807) is 0 Å². The highest BCUT2D eigenvalue weighted by molar-refractivity contribution is 6.31. The van der Waals surface area contributed by atoms with Crippen LogP contribution >= 0.6 is 11.6 Å². The molecule has 1 saturated heterocycles. The second-order valence-corrected chi connectivity index (χ2v) is 6.09. The molecule has 1 amide bonds. The topological polar surface area (TPSA) is 56.9 Å². The van der Waals surface area contributed by atoms with Crippen LogP contribution in [0.15, 0.2) is 12.1 Å². The third-order valence-electron chi connectivity index (χ3n) is 4.14. The summed E-state index contributed by atoms with van der Waals surface area (Å²) in [4.78, 5) is 14.9. The van der Waals surface area contributed by atoms with Crippen molar-refractivity contribution in [3.05, 3.63) is 34.5 Å². The van der Waals surface area contributed by atoms with Crippen LogP contribution in [0.3, 0.4) is 0 Å². The van der Waals surface area contributed by atoms with Crippen molar-refractivity contribution >= 4 is 28.4 Å². The van der Waals surface area contributed by atoms with Crippen LogP contribution in [0.25, 0.3) is 10.9 Å². The molecule has 4 nitrogen and oxygen atoms in total. The molecule has 0 bridgehead atoms. The highest BCUT2D eigenvalue weighted by atomic mass is 35.5. The number of H-pyrrole nitrogens is 1. The van der Waals surface area contributed by atoms with Gasteiger partial charge in [-0.1, -0.05) is 18.5 Å². The SMILES string of the molecule is C[C@H]1CCNC[C@@H]1NC(=O)c1cc2cc(Cl)c(F)c(F)c2[nH]1. The van der Waals surface area contributed by atoms with Crippen LogP contribution in [0.1, 0.15) is 23.8 Å². The number of carbonyl (C=O) groups is 1. The smallest absolute Gasteiger partial charge is 0.268 e. The molecule has 1 aromatic carbocycles. The molecular weight excluding hydrogens is 312 g/mol. The molecule has 1 aliphatic heterocycles. The van der Waals surface area contributed by atoms with Crippen LogP contribution in [0.5, 0.6) is 0 Å². The molecule has 3 rings (SSSR count). The Labute approximate surface area is 131 Å². The van der Waals surface area contributed by atoms with Crippen molar-refractivity contribution < 1.29 is 13.6 Å². The number of benzene rings is 1. The highest BCUT2D eigenvalue weighted by Crippen LogP contribution is 2.27. The molecule has 0 aliphatic carbocycles. The van der Waals surface area contributed by atoms with E-state index < -0.39 is 11.6 Å². The van der Waals surface area contributed by atoms with Crippen molar-refractivity contribution in [3.8, 4) is 0 Å². The lowest BCUT2D eigenvalue weighted by Gasteiger charge is -2.30. The van der Waals surface area contributed by atoms with E-state index in [2.05, 4.69) is 22.5 Å². The van der Waals surface area contributed by atoms with Crippen LogP contribution in [0.2, 0.25) is 5.02 Å². The zero-order valence-corrected chi connectivity index (χ0v) is 12.7. The third-order valence-corrected chi connectivity index (χ3v) is 4.42. The van der Waals surface area contributed by atoms with Gasteiger partial charge in [0.2, 0.25) is 0 Å². The number of aromatic nitrogens is 1. The van der Waals surface area contributed by atoms with Gasteiger partial charge in [-0.3, -0.25) is 4.79 Å². The highest BCUT2D eigenvalue weighted by Gasteiger charge is 2.24. The van der Waals surface area contributed by atoms with Crippen LogP contribution in [0, 0.1) is 17.6 Å². The fraction of sp³-hybridized carbons (Fsp3) is 0.400. The van der Waals surface area contributed by atoms with Gasteiger partial charge in [-0.05, 0) is 31.0 Å². The lowest BCUT2D eigenvalue weighted by atomic mass is 9.95. The minimum Gasteiger partial charge on any atom is -0.348 e. The summed E-state index contributed by atoms with van der Waals surface area (Å²) in [5.41, 5.74) is 0.134. The predicted octanol–water partition coefficient (Wildman–Crippen LogP) is 2.83. The van der Waals surface area contributed by atoms with Gasteiger partial charge < -0.3 is 15.6 Å².